The van der Waals surface area contributed by atoms with E-state index in [0.717, 1.165) is 41.9 Å². The van der Waals surface area contributed by atoms with Crippen molar-refractivity contribution in [3.05, 3.63) is 65.0 Å². The van der Waals surface area contributed by atoms with E-state index in [0.29, 0.717) is 37.4 Å². The summed E-state index contributed by atoms with van der Waals surface area (Å²) in [6.07, 6.45) is -0.360. The van der Waals surface area contributed by atoms with Crippen LogP contribution >= 0.6 is 0 Å². The van der Waals surface area contributed by atoms with Gasteiger partial charge in [0.15, 0.2) is 11.3 Å². The molecule has 222 valence electrons. The van der Waals surface area contributed by atoms with Crippen molar-refractivity contribution in [2.75, 3.05) is 13.1 Å². The summed E-state index contributed by atoms with van der Waals surface area (Å²) in [6, 6.07) is 6.20. The largest absolute Gasteiger partial charge is 0.447 e. The summed E-state index contributed by atoms with van der Waals surface area (Å²) in [5.74, 6) is -0.291. The number of unbranched alkanes of at least 4 members (excludes halogenated alkanes) is 1. The lowest BCUT2D eigenvalue weighted by atomic mass is 9.97. The van der Waals surface area contributed by atoms with E-state index < -0.39 is 17.6 Å². The minimum Gasteiger partial charge on any atom is -0.447 e. The molecular formula is C27H30F3N9O3. The van der Waals surface area contributed by atoms with Crippen LogP contribution in [0.5, 0.6) is 0 Å². The molecule has 5 heterocycles. The fraction of sp³-hybridized carbons (Fsp3) is 0.444. The predicted molar refractivity (Wildman–Crippen MR) is 143 cm³/mol. The van der Waals surface area contributed by atoms with E-state index in [4.69, 9.17) is 4.74 Å². The van der Waals surface area contributed by atoms with Gasteiger partial charge in [0, 0.05) is 42.8 Å². The number of fused-ring (bicyclic) bond motifs is 1. The number of halogens is 3. The highest BCUT2D eigenvalue weighted by atomic mass is 19.4. The number of aromatic nitrogens is 7. The highest BCUT2D eigenvalue weighted by molar-refractivity contribution is 5.91. The molecule has 1 aliphatic heterocycles. The van der Waals surface area contributed by atoms with Gasteiger partial charge in [-0.2, -0.15) is 18.3 Å². The number of pyridine rings is 1. The SMILES string of the molecule is CC(C)OC(=O)N1CC(c2cc3cc(CCCCn4cc(C(=O)NCc5ccc(C(F)(F)F)cn5)nn4)nnc3[nH]2)C1. The molecule has 0 aromatic carbocycles. The maximum atomic E-state index is 12.7. The van der Waals surface area contributed by atoms with Crippen molar-refractivity contribution in [1.82, 2.24) is 45.4 Å². The van der Waals surface area contributed by atoms with Gasteiger partial charge in [-0.15, -0.1) is 10.2 Å². The van der Waals surface area contributed by atoms with Crippen LogP contribution in [0.4, 0.5) is 18.0 Å². The predicted octanol–water partition coefficient (Wildman–Crippen LogP) is 3.86. The van der Waals surface area contributed by atoms with Crippen LogP contribution in [0.1, 0.15) is 65.7 Å². The second kappa shape index (κ2) is 12.1. The van der Waals surface area contributed by atoms with E-state index in [9.17, 15) is 22.8 Å². The highest BCUT2D eigenvalue weighted by Gasteiger charge is 2.34. The Morgan fingerprint density at radius 1 is 1.12 bits per heavy atom. The molecule has 1 aliphatic rings. The van der Waals surface area contributed by atoms with Gasteiger partial charge in [-0.3, -0.25) is 14.5 Å². The molecule has 4 aromatic heterocycles. The Morgan fingerprint density at radius 3 is 2.64 bits per heavy atom. The number of carbonyl (C=O) groups excluding carboxylic acids is 2. The third-order valence-corrected chi connectivity index (χ3v) is 6.79. The van der Waals surface area contributed by atoms with Crippen LogP contribution < -0.4 is 5.32 Å². The average Bonchev–Trinajstić information content (AvgIpc) is 3.55. The number of H-pyrrole nitrogens is 1. The van der Waals surface area contributed by atoms with Crippen LogP contribution in [0.15, 0.2) is 36.7 Å². The van der Waals surface area contributed by atoms with Crippen molar-refractivity contribution in [2.45, 2.75) is 64.4 Å². The standard InChI is InChI=1S/C27H30F3N9O3/c1-16(2)42-26(41)38-13-18(14-38)22-10-17-9-20(34-36-24(17)33-22)5-3-4-8-39-15-23(35-37-39)25(40)32-12-21-7-6-19(11-31-21)27(28,29)30/h6-7,9-11,15-16,18H,3-5,8,12-14H2,1-2H3,(H,32,40)(H,33,36). The van der Waals surface area contributed by atoms with Crippen molar-refractivity contribution in [1.29, 1.82) is 0 Å². The second-order valence-electron chi connectivity index (χ2n) is 10.4. The molecule has 2 amide bonds. The van der Waals surface area contributed by atoms with Gasteiger partial charge in [0.05, 0.1) is 35.8 Å². The number of rotatable bonds is 10. The third kappa shape index (κ3) is 7.01. The Labute approximate surface area is 238 Å². The number of ether oxygens (including phenoxy) is 1. The molecule has 15 heteroatoms. The molecule has 0 spiro atoms. The molecule has 2 N–H and O–H groups in total. The van der Waals surface area contributed by atoms with E-state index in [1.165, 1.54) is 12.3 Å². The van der Waals surface area contributed by atoms with Gasteiger partial charge in [-0.05, 0) is 57.4 Å². The molecule has 0 unspecified atom stereocenters. The molecule has 0 saturated carbocycles. The molecule has 4 aromatic rings. The van der Waals surface area contributed by atoms with Crippen LogP contribution in [-0.2, 0) is 30.4 Å². The third-order valence-electron chi connectivity index (χ3n) is 6.79. The van der Waals surface area contributed by atoms with Crippen molar-refractivity contribution in [2.24, 2.45) is 0 Å². The van der Waals surface area contributed by atoms with E-state index >= 15 is 0 Å². The Hall–Kier alpha value is -4.56. The van der Waals surface area contributed by atoms with Crippen LogP contribution in [0.3, 0.4) is 0 Å². The number of aromatic amines is 1. The monoisotopic (exact) mass is 585 g/mol. The van der Waals surface area contributed by atoms with Gasteiger partial charge < -0.3 is 19.9 Å². The zero-order valence-corrected chi connectivity index (χ0v) is 23.1. The van der Waals surface area contributed by atoms with Crippen LogP contribution in [0.25, 0.3) is 11.0 Å². The first-order chi connectivity index (χ1) is 20.0. The first-order valence-corrected chi connectivity index (χ1v) is 13.6. The zero-order valence-electron chi connectivity index (χ0n) is 23.1. The fourth-order valence-corrected chi connectivity index (χ4v) is 4.49. The summed E-state index contributed by atoms with van der Waals surface area (Å²) in [5.41, 5.74) is 2.13. The molecule has 42 heavy (non-hydrogen) atoms. The van der Waals surface area contributed by atoms with E-state index in [1.54, 1.807) is 9.58 Å². The smallest absolute Gasteiger partial charge is 0.417 e. The van der Waals surface area contributed by atoms with Crippen LogP contribution in [0.2, 0.25) is 0 Å². The molecule has 1 saturated heterocycles. The van der Waals surface area contributed by atoms with Gasteiger partial charge in [-0.25, -0.2) is 4.79 Å². The van der Waals surface area contributed by atoms with Crippen LogP contribution in [-0.4, -0.2) is 71.3 Å². The van der Waals surface area contributed by atoms with Gasteiger partial charge in [0.1, 0.15) is 0 Å². The second-order valence-corrected chi connectivity index (χ2v) is 10.4. The molecule has 12 nitrogen and oxygen atoms in total. The lowest BCUT2D eigenvalue weighted by Crippen LogP contribution is -2.49. The first-order valence-electron chi connectivity index (χ1n) is 13.6. The lowest BCUT2D eigenvalue weighted by molar-refractivity contribution is -0.137. The van der Waals surface area contributed by atoms with Crippen molar-refractivity contribution >= 4 is 23.0 Å². The maximum Gasteiger partial charge on any atom is 0.417 e. The number of likely N-dealkylation sites (tertiary alicyclic amines) is 1. The minimum absolute atomic E-state index is 0.0378. The maximum absolute atomic E-state index is 12.7. The fourth-order valence-electron chi connectivity index (χ4n) is 4.49. The minimum atomic E-state index is -4.47. The van der Waals surface area contributed by atoms with E-state index in [1.807, 2.05) is 19.9 Å². The normalized spacial score (nSPS) is 13.9. The number of amides is 2. The zero-order chi connectivity index (χ0) is 29.9. The number of nitrogens with one attached hydrogen (secondary N) is 2. The Balaban J connectivity index is 1.04. The summed E-state index contributed by atoms with van der Waals surface area (Å²) in [7, 11) is 0. The number of alkyl halides is 3. The van der Waals surface area contributed by atoms with E-state index in [2.05, 4.69) is 41.9 Å². The lowest BCUT2D eigenvalue weighted by Gasteiger charge is -2.38. The molecule has 0 radical (unpaired) electrons. The van der Waals surface area contributed by atoms with Gasteiger partial charge in [0.2, 0.25) is 0 Å². The summed E-state index contributed by atoms with van der Waals surface area (Å²) in [6.45, 7) is 5.36. The summed E-state index contributed by atoms with van der Waals surface area (Å²) < 4.78 is 44.8. The molecule has 0 atom stereocenters. The van der Waals surface area contributed by atoms with E-state index in [-0.39, 0.29) is 30.4 Å². The molecule has 1 fully saturated rings. The molecule has 5 rings (SSSR count). The highest BCUT2D eigenvalue weighted by Crippen LogP contribution is 2.30. The average molecular weight is 586 g/mol. The first kappa shape index (κ1) is 29.0. The number of carbonyl (C=O) groups is 2. The summed E-state index contributed by atoms with van der Waals surface area (Å²) in [4.78, 5) is 33.1. The van der Waals surface area contributed by atoms with Gasteiger partial charge >= 0.3 is 12.3 Å². The van der Waals surface area contributed by atoms with Crippen LogP contribution in [0, 0.1) is 0 Å². The Morgan fingerprint density at radius 2 is 1.93 bits per heavy atom. The van der Waals surface area contributed by atoms with Gasteiger partial charge in [0.25, 0.3) is 5.91 Å². The molecule has 0 aliphatic carbocycles. The summed E-state index contributed by atoms with van der Waals surface area (Å²) in [5, 5.41) is 20.0. The van der Waals surface area contributed by atoms with Gasteiger partial charge in [-0.1, -0.05) is 5.21 Å². The number of nitrogens with zero attached hydrogens (tertiary/aromatic N) is 7. The Bertz CT molecular complexity index is 1540. The molecule has 0 bridgehead atoms. The molecular weight excluding hydrogens is 555 g/mol. The topological polar surface area (TPSA) is 144 Å². The Kier molecular flexibility index (Phi) is 8.36. The summed E-state index contributed by atoms with van der Waals surface area (Å²) >= 11 is 0. The quantitative estimate of drug-likeness (QED) is 0.267. The number of aryl methyl sites for hydroxylation is 2. The van der Waals surface area contributed by atoms with Crippen molar-refractivity contribution in [3.8, 4) is 0 Å². The van der Waals surface area contributed by atoms with Crippen molar-refractivity contribution < 1.29 is 27.5 Å². The van der Waals surface area contributed by atoms with Crippen molar-refractivity contribution in [3.63, 3.8) is 0 Å². The number of hydrogen-bond donors (Lipinski definition) is 2. The number of hydrogen-bond acceptors (Lipinski definition) is 8.